The number of ether oxygens (including phenoxy) is 1. The Bertz CT molecular complexity index is 922. The van der Waals surface area contributed by atoms with E-state index < -0.39 is 0 Å². The van der Waals surface area contributed by atoms with Crippen molar-refractivity contribution in [3.05, 3.63) is 44.9 Å². The lowest BCUT2D eigenvalue weighted by Crippen LogP contribution is -2.22. The highest BCUT2D eigenvalue weighted by Gasteiger charge is 2.25. The normalized spacial score (nSPS) is 16.6. The zero-order valence-electron chi connectivity index (χ0n) is 12.3. The van der Waals surface area contributed by atoms with Crippen LogP contribution in [-0.4, -0.2) is 27.4 Å². The zero-order chi connectivity index (χ0) is 15.3. The van der Waals surface area contributed by atoms with Crippen LogP contribution >= 0.6 is 15.9 Å². The van der Waals surface area contributed by atoms with Gasteiger partial charge in [-0.15, -0.1) is 0 Å². The third kappa shape index (κ3) is 2.01. The Hall–Kier alpha value is -1.66. The third-order valence-electron chi connectivity index (χ3n) is 4.48. The van der Waals surface area contributed by atoms with E-state index in [1.165, 1.54) is 0 Å². The third-order valence-corrected chi connectivity index (χ3v) is 4.97. The summed E-state index contributed by atoms with van der Waals surface area (Å²) in [5, 5.41) is 1.01. The SMILES string of the molecule is Cn1c(=O)c(C2CCOCC2)c2c3cc(Br)ccc3ncn21. The molecule has 5 nitrogen and oxygen atoms in total. The minimum absolute atomic E-state index is 0.0705. The molecule has 22 heavy (non-hydrogen) atoms. The minimum atomic E-state index is 0.0705. The maximum Gasteiger partial charge on any atom is 0.270 e. The van der Waals surface area contributed by atoms with Crippen LogP contribution in [0.25, 0.3) is 16.4 Å². The number of halogens is 1. The maximum atomic E-state index is 12.8. The van der Waals surface area contributed by atoms with Crippen LogP contribution in [-0.2, 0) is 11.8 Å². The van der Waals surface area contributed by atoms with Gasteiger partial charge in [-0.25, -0.2) is 14.2 Å². The maximum absolute atomic E-state index is 12.8. The number of benzene rings is 1. The van der Waals surface area contributed by atoms with Gasteiger partial charge in [0.1, 0.15) is 6.33 Å². The second-order valence-electron chi connectivity index (χ2n) is 5.73. The molecule has 1 aliphatic heterocycles. The van der Waals surface area contributed by atoms with E-state index in [1.54, 1.807) is 18.1 Å². The van der Waals surface area contributed by atoms with Gasteiger partial charge in [0.15, 0.2) is 0 Å². The molecule has 1 aliphatic rings. The van der Waals surface area contributed by atoms with Crippen molar-refractivity contribution in [3.8, 4) is 0 Å². The van der Waals surface area contributed by atoms with Crippen LogP contribution in [0.2, 0.25) is 0 Å². The van der Waals surface area contributed by atoms with E-state index in [4.69, 9.17) is 4.74 Å². The summed E-state index contributed by atoms with van der Waals surface area (Å²) >= 11 is 3.52. The molecule has 0 radical (unpaired) electrons. The summed E-state index contributed by atoms with van der Waals surface area (Å²) < 4.78 is 9.95. The molecule has 0 unspecified atom stereocenters. The fourth-order valence-electron chi connectivity index (χ4n) is 3.33. The molecule has 2 aromatic heterocycles. The van der Waals surface area contributed by atoms with Gasteiger partial charge >= 0.3 is 0 Å². The van der Waals surface area contributed by atoms with Gasteiger partial charge in [-0.3, -0.25) is 4.79 Å². The van der Waals surface area contributed by atoms with Crippen molar-refractivity contribution < 1.29 is 4.74 Å². The summed E-state index contributed by atoms with van der Waals surface area (Å²) in [6, 6.07) is 5.99. The first-order chi connectivity index (χ1) is 10.7. The van der Waals surface area contributed by atoms with Gasteiger partial charge in [0.05, 0.1) is 11.0 Å². The Kier molecular flexibility index (Phi) is 3.31. The number of fused-ring (bicyclic) bond motifs is 3. The van der Waals surface area contributed by atoms with Gasteiger partial charge in [-0.05, 0) is 37.0 Å². The van der Waals surface area contributed by atoms with Crippen molar-refractivity contribution in [2.24, 2.45) is 7.05 Å². The summed E-state index contributed by atoms with van der Waals surface area (Å²) in [4.78, 5) is 17.2. The minimum Gasteiger partial charge on any atom is -0.381 e. The van der Waals surface area contributed by atoms with E-state index in [9.17, 15) is 4.79 Å². The second kappa shape index (κ2) is 5.21. The van der Waals surface area contributed by atoms with Gasteiger partial charge in [-0.1, -0.05) is 15.9 Å². The Morgan fingerprint density at radius 1 is 1.32 bits per heavy atom. The fourth-order valence-corrected chi connectivity index (χ4v) is 3.69. The summed E-state index contributed by atoms with van der Waals surface area (Å²) in [5.74, 6) is 0.252. The first-order valence-electron chi connectivity index (χ1n) is 7.40. The van der Waals surface area contributed by atoms with Gasteiger partial charge in [0.25, 0.3) is 5.56 Å². The van der Waals surface area contributed by atoms with E-state index in [0.717, 1.165) is 52.5 Å². The molecule has 0 spiro atoms. The fraction of sp³-hybridized carbons (Fsp3) is 0.375. The van der Waals surface area contributed by atoms with Crippen molar-refractivity contribution in [1.29, 1.82) is 0 Å². The molecule has 0 amide bonds. The summed E-state index contributed by atoms with van der Waals surface area (Å²) in [6.45, 7) is 1.44. The molecule has 1 aromatic carbocycles. The molecular formula is C16H16BrN3O2. The molecule has 0 saturated carbocycles. The highest BCUT2D eigenvalue weighted by atomic mass is 79.9. The molecule has 6 heteroatoms. The van der Waals surface area contributed by atoms with Crippen molar-refractivity contribution in [3.63, 3.8) is 0 Å². The van der Waals surface area contributed by atoms with Crippen LogP contribution in [0.4, 0.5) is 0 Å². The Morgan fingerprint density at radius 3 is 2.86 bits per heavy atom. The predicted octanol–water partition coefficient (Wildman–Crippen LogP) is 2.84. The summed E-state index contributed by atoms with van der Waals surface area (Å²) in [6.07, 6.45) is 3.52. The molecule has 0 N–H and O–H groups in total. The molecule has 4 rings (SSSR count). The largest absolute Gasteiger partial charge is 0.381 e. The zero-order valence-corrected chi connectivity index (χ0v) is 13.8. The summed E-state index contributed by atoms with van der Waals surface area (Å²) in [5.41, 5.74) is 2.85. The van der Waals surface area contributed by atoms with Gasteiger partial charge < -0.3 is 4.74 Å². The van der Waals surface area contributed by atoms with E-state index in [2.05, 4.69) is 20.9 Å². The quantitative estimate of drug-likeness (QED) is 0.669. The number of rotatable bonds is 1. The smallest absolute Gasteiger partial charge is 0.270 e. The van der Waals surface area contributed by atoms with Gasteiger partial charge in [-0.2, -0.15) is 0 Å². The number of aromatic nitrogens is 3. The first-order valence-corrected chi connectivity index (χ1v) is 8.19. The number of hydrogen-bond acceptors (Lipinski definition) is 3. The van der Waals surface area contributed by atoms with Crippen LogP contribution in [0.1, 0.15) is 24.3 Å². The van der Waals surface area contributed by atoms with E-state index in [-0.39, 0.29) is 11.5 Å². The van der Waals surface area contributed by atoms with Crippen LogP contribution in [0.15, 0.2) is 33.8 Å². The number of aryl methyl sites for hydroxylation is 1. The van der Waals surface area contributed by atoms with E-state index in [0.29, 0.717) is 0 Å². The van der Waals surface area contributed by atoms with Gasteiger partial charge in [0.2, 0.25) is 0 Å². The molecule has 114 valence electrons. The van der Waals surface area contributed by atoms with E-state index >= 15 is 0 Å². The average molecular weight is 362 g/mol. The van der Waals surface area contributed by atoms with E-state index in [1.807, 2.05) is 22.7 Å². The monoisotopic (exact) mass is 361 g/mol. The lowest BCUT2D eigenvalue weighted by molar-refractivity contribution is 0.0854. The van der Waals surface area contributed by atoms with Gasteiger partial charge in [0, 0.05) is 35.7 Å². The molecule has 3 aromatic rings. The van der Waals surface area contributed by atoms with Crippen molar-refractivity contribution in [1.82, 2.24) is 14.2 Å². The first kappa shape index (κ1) is 14.0. The molecule has 0 aliphatic carbocycles. The summed E-state index contributed by atoms with van der Waals surface area (Å²) in [7, 11) is 1.80. The average Bonchev–Trinajstić information content (AvgIpc) is 2.80. The Morgan fingerprint density at radius 2 is 2.09 bits per heavy atom. The van der Waals surface area contributed by atoms with Crippen LogP contribution in [0, 0.1) is 0 Å². The van der Waals surface area contributed by atoms with Crippen LogP contribution in [0.3, 0.4) is 0 Å². The molecule has 0 bridgehead atoms. The highest BCUT2D eigenvalue weighted by molar-refractivity contribution is 9.10. The number of nitrogens with zero attached hydrogens (tertiary/aromatic N) is 3. The predicted molar refractivity (Wildman–Crippen MR) is 88.4 cm³/mol. The highest BCUT2D eigenvalue weighted by Crippen LogP contribution is 2.32. The molecular weight excluding hydrogens is 346 g/mol. The molecule has 1 saturated heterocycles. The van der Waals surface area contributed by atoms with Crippen LogP contribution in [0.5, 0.6) is 0 Å². The molecule has 3 heterocycles. The number of hydrogen-bond donors (Lipinski definition) is 0. The Labute approximate surface area is 135 Å². The second-order valence-corrected chi connectivity index (χ2v) is 6.64. The van der Waals surface area contributed by atoms with Crippen LogP contribution < -0.4 is 5.56 Å². The molecule has 1 fully saturated rings. The lowest BCUT2D eigenvalue weighted by atomic mass is 9.91. The van der Waals surface area contributed by atoms with Crippen molar-refractivity contribution >= 4 is 32.3 Å². The Balaban J connectivity index is 2.11. The lowest BCUT2D eigenvalue weighted by Gasteiger charge is -2.21. The standard InChI is InChI=1S/C16H16BrN3O2/c1-19-16(21)14(10-4-6-22-7-5-10)15-12-8-11(17)2-3-13(12)18-9-20(15)19/h2-3,8-10H,4-7H2,1H3. The molecule has 0 atom stereocenters. The van der Waals surface area contributed by atoms with Crippen molar-refractivity contribution in [2.45, 2.75) is 18.8 Å². The topological polar surface area (TPSA) is 48.5 Å². The van der Waals surface area contributed by atoms with Crippen molar-refractivity contribution in [2.75, 3.05) is 13.2 Å².